The van der Waals surface area contributed by atoms with Gasteiger partial charge in [0.2, 0.25) is 0 Å². The van der Waals surface area contributed by atoms with E-state index in [0.717, 1.165) is 6.42 Å². The van der Waals surface area contributed by atoms with Crippen molar-refractivity contribution in [2.24, 2.45) is 5.92 Å². The molecule has 2 unspecified atom stereocenters. The summed E-state index contributed by atoms with van der Waals surface area (Å²) in [5.74, 6) is -0.325. The van der Waals surface area contributed by atoms with Gasteiger partial charge in [0.05, 0.1) is 12.7 Å². The van der Waals surface area contributed by atoms with E-state index in [-0.39, 0.29) is 12.0 Å². The first-order valence-electron chi connectivity index (χ1n) is 4.12. The molecule has 2 nitrogen and oxygen atoms in total. The van der Waals surface area contributed by atoms with E-state index in [4.69, 9.17) is 16.4 Å². The van der Waals surface area contributed by atoms with Crippen LogP contribution in [0.1, 0.15) is 27.2 Å². The molecular formula is C9H16O2. The maximum Gasteiger partial charge on any atom is 0.163 e. The van der Waals surface area contributed by atoms with Gasteiger partial charge in [-0.3, -0.25) is 0 Å². The molecule has 1 saturated heterocycles. The Morgan fingerprint density at radius 3 is 2.64 bits per heavy atom. The van der Waals surface area contributed by atoms with Crippen LogP contribution in [0.25, 0.3) is 0 Å². The predicted molar refractivity (Wildman–Crippen MR) is 43.0 cm³/mol. The maximum absolute atomic E-state index is 5.79. The highest BCUT2D eigenvalue weighted by atomic mass is 16.7. The van der Waals surface area contributed by atoms with Gasteiger partial charge < -0.3 is 9.47 Å². The zero-order valence-corrected chi connectivity index (χ0v) is 7.46. The minimum Gasteiger partial charge on any atom is -0.348 e. The van der Waals surface area contributed by atoms with Gasteiger partial charge in [0.25, 0.3) is 0 Å². The predicted octanol–water partition coefficient (Wildman–Crippen LogP) is 1.88. The highest BCUT2D eigenvalue weighted by Crippen LogP contribution is 2.27. The summed E-state index contributed by atoms with van der Waals surface area (Å²) in [5.41, 5.74) is 0. The van der Waals surface area contributed by atoms with Gasteiger partial charge in [0.15, 0.2) is 5.79 Å². The molecule has 0 aromatic rings. The number of hydrogen-bond acceptors (Lipinski definition) is 2. The fourth-order valence-corrected chi connectivity index (χ4v) is 1.19. The zero-order valence-electron chi connectivity index (χ0n) is 7.46. The number of hydrogen-bond donors (Lipinski definition) is 0. The summed E-state index contributed by atoms with van der Waals surface area (Å²) in [6.45, 7) is 12.3. The standard InChI is InChI=1S/C9H16O2/c1-5-7(2)8-6-10-9(3,4)11-8/h2,7-8H,5-6H2,1,3-4H3. The van der Waals surface area contributed by atoms with Crippen LogP contribution in [0.15, 0.2) is 0 Å². The summed E-state index contributed by atoms with van der Waals surface area (Å²) < 4.78 is 10.9. The SMILES string of the molecule is [CH]C(CC)C1COC(C)(C)O1. The van der Waals surface area contributed by atoms with Gasteiger partial charge in [-0.25, -0.2) is 0 Å². The molecule has 0 spiro atoms. The Labute approximate surface area is 68.9 Å². The molecule has 1 fully saturated rings. The minimum atomic E-state index is -0.433. The molecule has 2 heteroatoms. The van der Waals surface area contributed by atoms with E-state index in [9.17, 15) is 0 Å². The Morgan fingerprint density at radius 1 is 1.64 bits per heavy atom. The lowest BCUT2D eigenvalue weighted by Gasteiger charge is -2.19. The van der Waals surface area contributed by atoms with Crippen LogP contribution < -0.4 is 0 Å². The van der Waals surface area contributed by atoms with E-state index in [2.05, 4.69) is 6.92 Å². The molecule has 0 aliphatic carbocycles. The van der Waals surface area contributed by atoms with Crippen molar-refractivity contribution < 1.29 is 9.47 Å². The van der Waals surface area contributed by atoms with E-state index < -0.39 is 5.79 Å². The molecule has 1 aliphatic heterocycles. The Morgan fingerprint density at radius 2 is 2.27 bits per heavy atom. The van der Waals surface area contributed by atoms with Gasteiger partial charge in [-0.05, 0) is 26.7 Å². The minimum absolute atomic E-state index is 0.0787. The molecule has 1 aliphatic rings. The molecule has 64 valence electrons. The van der Waals surface area contributed by atoms with Gasteiger partial charge in [-0.1, -0.05) is 13.3 Å². The summed E-state index contributed by atoms with van der Waals surface area (Å²) in [7, 11) is 0. The van der Waals surface area contributed by atoms with Crippen LogP contribution in [0.3, 0.4) is 0 Å². The fraction of sp³-hybridized carbons (Fsp3) is 0.889. The second-order valence-electron chi connectivity index (χ2n) is 3.44. The van der Waals surface area contributed by atoms with Crippen LogP contribution in [-0.2, 0) is 9.47 Å². The third kappa shape index (κ3) is 2.17. The van der Waals surface area contributed by atoms with Crippen LogP contribution in [0.4, 0.5) is 0 Å². The molecule has 1 rings (SSSR count). The maximum atomic E-state index is 5.79. The first-order chi connectivity index (χ1) is 5.05. The van der Waals surface area contributed by atoms with Gasteiger partial charge in [0.1, 0.15) is 0 Å². The average Bonchev–Trinajstić information content (AvgIpc) is 2.29. The summed E-state index contributed by atoms with van der Waals surface area (Å²) in [5, 5.41) is 0. The van der Waals surface area contributed by atoms with E-state index in [1.54, 1.807) is 0 Å². The van der Waals surface area contributed by atoms with Crippen LogP contribution >= 0.6 is 0 Å². The average molecular weight is 156 g/mol. The largest absolute Gasteiger partial charge is 0.348 e. The summed E-state index contributed by atoms with van der Waals surface area (Å²) in [4.78, 5) is 0. The third-order valence-corrected chi connectivity index (χ3v) is 1.98. The summed E-state index contributed by atoms with van der Waals surface area (Å²) >= 11 is 0. The van der Waals surface area contributed by atoms with Crippen LogP contribution in [0, 0.1) is 12.8 Å². The highest BCUT2D eigenvalue weighted by molar-refractivity contribution is 4.78. The van der Waals surface area contributed by atoms with Crippen LogP contribution in [0.2, 0.25) is 0 Å². The summed E-state index contributed by atoms with van der Waals surface area (Å²) in [6.07, 6.45) is 1.01. The molecule has 2 radical (unpaired) electrons. The van der Waals surface area contributed by atoms with E-state index in [1.165, 1.54) is 0 Å². The Kier molecular flexibility index (Phi) is 2.55. The van der Waals surface area contributed by atoms with Crippen LogP contribution in [-0.4, -0.2) is 18.5 Å². The normalized spacial score (nSPS) is 32.2. The monoisotopic (exact) mass is 156 g/mol. The van der Waals surface area contributed by atoms with Gasteiger partial charge in [-0.2, -0.15) is 0 Å². The molecule has 11 heavy (non-hydrogen) atoms. The Balaban J connectivity index is 2.41. The lowest BCUT2D eigenvalue weighted by Crippen LogP contribution is -2.25. The molecular weight excluding hydrogens is 140 g/mol. The molecule has 0 amide bonds. The van der Waals surface area contributed by atoms with Crippen LogP contribution in [0.5, 0.6) is 0 Å². The van der Waals surface area contributed by atoms with Crippen molar-refractivity contribution in [1.29, 1.82) is 0 Å². The van der Waals surface area contributed by atoms with E-state index >= 15 is 0 Å². The number of ether oxygens (including phenoxy) is 2. The fourth-order valence-electron chi connectivity index (χ4n) is 1.19. The van der Waals surface area contributed by atoms with Crippen molar-refractivity contribution in [3.05, 3.63) is 6.92 Å². The first-order valence-corrected chi connectivity index (χ1v) is 4.12. The van der Waals surface area contributed by atoms with E-state index in [0.29, 0.717) is 6.61 Å². The summed E-state index contributed by atoms with van der Waals surface area (Å²) in [6, 6.07) is 0. The molecule has 0 bridgehead atoms. The van der Waals surface area contributed by atoms with E-state index in [1.807, 2.05) is 13.8 Å². The molecule has 0 aromatic heterocycles. The smallest absolute Gasteiger partial charge is 0.163 e. The Hall–Kier alpha value is -0.0800. The van der Waals surface area contributed by atoms with Gasteiger partial charge in [-0.15, -0.1) is 0 Å². The van der Waals surface area contributed by atoms with Crippen molar-refractivity contribution in [3.8, 4) is 0 Å². The quantitative estimate of drug-likeness (QED) is 0.607. The van der Waals surface area contributed by atoms with Crippen molar-refractivity contribution in [2.45, 2.75) is 39.1 Å². The highest BCUT2D eigenvalue weighted by Gasteiger charge is 2.34. The van der Waals surface area contributed by atoms with Crippen molar-refractivity contribution in [2.75, 3.05) is 6.61 Å². The number of rotatable bonds is 2. The topological polar surface area (TPSA) is 18.5 Å². The molecule has 2 atom stereocenters. The van der Waals surface area contributed by atoms with Crippen molar-refractivity contribution in [1.82, 2.24) is 0 Å². The molecule has 0 aromatic carbocycles. The first kappa shape index (κ1) is 9.01. The third-order valence-electron chi connectivity index (χ3n) is 1.98. The zero-order chi connectivity index (χ0) is 8.48. The lowest BCUT2D eigenvalue weighted by atomic mass is 10.0. The lowest BCUT2D eigenvalue weighted by molar-refractivity contribution is -0.142. The Bertz CT molecular complexity index is 132. The molecule has 0 saturated carbocycles. The molecule has 0 N–H and O–H groups in total. The van der Waals surface area contributed by atoms with Crippen molar-refractivity contribution >= 4 is 0 Å². The second kappa shape index (κ2) is 3.11. The van der Waals surface area contributed by atoms with Crippen molar-refractivity contribution in [3.63, 3.8) is 0 Å². The second-order valence-corrected chi connectivity index (χ2v) is 3.44. The van der Waals surface area contributed by atoms with Gasteiger partial charge >= 0.3 is 0 Å². The molecule has 1 heterocycles. The van der Waals surface area contributed by atoms with Gasteiger partial charge in [0, 0.05) is 0 Å².